The van der Waals surface area contributed by atoms with E-state index in [2.05, 4.69) is 20.9 Å². The SMILES string of the molecule is COc1cc(Br)cc2[nH]c(=O)c(=O)n(C)c12. The number of hydrogen-bond acceptors (Lipinski definition) is 3. The van der Waals surface area contributed by atoms with Crippen LogP contribution in [0.2, 0.25) is 0 Å². The summed E-state index contributed by atoms with van der Waals surface area (Å²) in [6.45, 7) is 0. The number of halogens is 1. The Kier molecular flexibility index (Phi) is 2.59. The summed E-state index contributed by atoms with van der Waals surface area (Å²) >= 11 is 3.30. The van der Waals surface area contributed by atoms with Gasteiger partial charge in [-0.25, -0.2) is 0 Å². The number of hydrogen-bond donors (Lipinski definition) is 1. The normalized spacial score (nSPS) is 10.7. The Hall–Kier alpha value is -1.56. The molecule has 0 atom stereocenters. The van der Waals surface area contributed by atoms with Crippen molar-refractivity contribution < 1.29 is 4.74 Å². The fourth-order valence-electron chi connectivity index (χ4n) is 1.60. The summed E-state index contributed by atoms with van der Waals surface area (Å²) in [5.74, 6) is 0.528. The molecule has 1 aromatic carbocycles. The second-order valence-electron chi connectivity index (χ2n) is 3.32. The van der Waals surface area contributed by atoms with Gasteiger partial charge in [0.1, 0.15) is 11.3 Å². The number of aromatic amines is 1. The molecule has 2 aromatic rings. The van der Waals surface area contributed by atoms with Gasteiger partial charge < -0.3 is 14.3 Å². The maximum atomic E-state index is 11.5. The van der Waals surface area contributed by atoms with Crippen LogP contribution in [0.15, 0.2) is 26.2 Å². The standard InChI is InChI=1S/C10H9BrN2O3/c1-13-8-6(12-9(14)10(13)15)3-5(11)4-7(8)16-2/h3-4H,1-2H3,(H,12,14). The molecular weight excluding hydrogens is 276 g/mol. The fraction of sp³-hybridized carbons (Fsp3) is 0.200. The van der Waals surface area contributed by atoms with Crippen molar-refractivity contribution >= 4 is 27.0 Å². The van der Waals surface area contributed by atoms with Crippen molar-refractivity contribution in [3.05, 3.63) is 37.3 Å². The Morgan fingerprint density at radius 2 is 2.06 bits per heavy atom. The summed E-state index contributed by atoms with van der Waals surface area (Å²) in [5, 5.41) is 0. The van der Waals surface area contributed by atoms with Crippen molar-refractivity contribution in [2.75, 3.05) is 7.11 Å². The van der Waals surface area contributed by atoms with Gasteiger partial charge in [0.25, 0.3) is 0 Å². The molecule has 2 rings (SSSR count). The van der Waals surface area contributed by atoms with Crippen LogP contribution in [0.4, 0.5) is 0 Å². The third kappa shape index (κ3) is 1.55. The van der Waals surface area contributed by atoms with Gasteiger partial charge in [-0.2, -0.15) is 0 Å². The number of rotatable bonds is 1. The molecule has 0 saturated carbocycles. The van der Waals surface area contributed by atoms with E-state index in [1.54, 1.807) is 12.1 Å². The van der Waals surface area contributed by atoms with Crippen LogP contribution in [-0.4, -0.2) is 16.7 Å². The van der Waals surface area contributed by atoms with E-state index in [4.69, 9.17) is 4.74 Å². The number of fused-ring (bicyclic) bond motifs is 1. The number of nitrogens with one attached hydrogen (secondary N) is 1. The highest BCUT2D eigenvalue weighted by atomic mass is 79.9. The highest BCUT2D eigenvalue weighted by Crippen LogP contribution is 2.26. The predicted molar refractivity (Wildman–Crippen MR) is 64.1 cm³/mol. The summed E-state index contributed by atoms with van der Waals surface area (Å²) in [7, 11) is 3.05. The molecule has 1 heterocycles. The molecule has 0 fully saturated rings. The van der Waals surface area contributed by atoms with Crippen LogP contribution in [0.25, 0.3) is 11.0 Å². The summed E-state index contributed by atoms with van der Waals surface area (Å²) in [6.07, 6.45) is 0. The Bertz CT molecular complexity index is 672. The molecule has 16 heavy (non-hydrogen) atoms. The first-order valence-corrected chi connectivity index (χ1v) is 5.30. The largest absolute Gasteiger partial charge is 0.494 e. The average Bonchev–Trinajstić information content (AvgIpc) is 2.24. The van der Waals surface area contributed by atoms with Crippen molar-refractivity contribution in [3.8, 4) is 5.75 Å². The predicted octanol–water partition coefficient (Wildman–Crippen LogP) is 0.998. The van der Waals surface area contributed by atoms with Crippen LogP contribution in [0, 0.1) is 0 Å². The minimum atomic E-state index is -0.643. The zero-order chi connectivity index (χ0) is 11.9. The molecule has 84 valence electrons. The van der Waals surface area contributed by atoms with Crippen LogP contribution >= 0.6 is 15.9 Å². The fourth-order valence-corrected chi connectivity index (χ4v) is 2.04. The Labute approximate surface area is 98.8 Å². The molecule has 0 spiro atoms. The van der Waals surface area contributed by atoms with Crippen molar-refractivity contribution in [2.45, 2.75) is 0 Å². The van der Waals surface area contributed by atoms with Gasteiger partial charge in [-0.1, -0.05) is 15.9 Å². The van der Waals surface area contributed by atoms with Crippen molar-refractivity contribution in [3.63, 3.8) is 0 Å². The smallest absolute Gasteiger partial charge is 0.316 e. The van der Waals surface area contributed by atoms with Gasteiger partial charge in [-0.05, 0) is 12.1 Å². The van der Waals surface area contributed by atoms with E-state index in [1.165, 1.54) is 18.7 Å². The number of H-pyrrole nitrogens is 1. The van der Waals surface area contributed by atoms with Gasteiger partial charge in [0.05, 0.1) is 12.6 Å². The summed E-state index contributed by atoms with van der Waals surface area (Å²) in [4.78, 5) is 25.3. The first kappa shape index (κ1) is 10.9. The van der Waals surface area contributed by atoms with Crippen molar-refractivity contribution in [1.82, 2.24) is 9.55 Å². The Morgan fingerprint density at radius 3 is 2.69 bits per heavy atom. The van der Waals surface area contributed by atoms with E-state index >= 15 is 0 Å². The van der Waals surface area contributed by atoms with Crippen LogP contribution in [-0.2, 0) is 7.05 Å². The lowest BCUT2D eigenvalue weighted by Crippen LogP contribution is -2.34. The van der Waals surface area contributed by atoms with Crippen LogP contribution in [0.5, 0.6) is 5.75 Å². The molecule has 0 aliphatic rings. The van der Waals surface area contributed by atoms with Gasteiger partial charge in [-0.15, -0.1) is 0 Å². The Balaban J connectivity index is 3.07. The number of aryl methyl sites for hydroxylation is 1. The van der Waals surface area contributed by atoms with E-state index in [0.717, 1.165) is 4.47 Å². The van der Waals surface area contributed by atoms with Crippen LogP contribution < -0.4 is 15.9 Å². The molecule has 1 N–H and O–H groups in total. The number of benzene rings is 1. The average molecular weight is 285 g/mol. The molecule has 5 nitrogen and oxygen atoms in total. The van der Waals surface area contributed by atoms with Gasteiger partial charge in [0, 0.05) is 11.5 Å². The summed E-state index contributed by atoms with van der Waals surface area (Å²) in [6, 6.07) is 3.46. The molecule has 0 unspecified atom stereocenters. The molecule has 0 radical (unpaired) electrons. The van der Waals surface area contributed by atoms with Crippen molar-refractivity contribution in [1.29, 1.82) is 0 Å². The van der Waals surface area contributed by atoms with Gasteiger partial charge >= 0.3 is 11.1 Å². The molecule has 0 aliphatic heterocycles. The number of ether oxygens (including phenoxy) is 1. The van der Waals surface area contributed by atoms with Crippen LogP contribution in [0.1, 0.15) is 0 Å². The van der Waals surface area contributed by atoms with E-state index in [-0.39, 0.29) is 0 Å². The monoisotopic (exact) mass is 284 g/mol. The lowest BCUT2D eigenvalue weighted by atomic mass is 10.2. The summed E-state index contributed by atoms with van der Waals surface area (Å²) in [5.41, 5.74) is -0.128. The minimum Gasteiger partial charge on any atom is -0.494 e. The maximum absolute atomic E-state index is 11.5. The molecule has 0 bridgehead atoms. The molecule has 0 saturated heterocycles. The number of aromatic nitrogens is 2. The van der Waals surface area contributed by atoms with Crippen molar-refractivity contribution in [2.24, 2.45) is 7.05 Å². The highest BCUT2D eigenvalue weighted by Gasteiger charge is 2.10. The van der Waals surface area contributed by atoms with E-state index in [1.807, 2.05) is 0 Å². The third-order valence-electron chi connectivity index (χ3n) is 2.34. The van der Waals surface area contributed by atoms with Crippen LogP contribution in [0.3, 0.4) is 0 Å². The zero-order valence-electron chi connectivity index (χ0n) is 8.70. The molecule has 6 heteroatoms. The third-order valence-corrected chi connectivity index (χ3v) is 2.80. The van der Waals surface area contributed by atoms with Gasteiger partial charge in [-0.3, -0.25) is 9.59 Å². The topological polar surface area (TPSA) is 64.1 Å². The highest BCUT2D eigenvalue weighted by molar-refractivity contribution is 9.10. The lowest BCUT2D eigenvalue weighted by molar-refractivity contribution is 0.417. The quantitative estimate of drug-likeness (QED) is 0.795. The maximum Gasteiger partial charge on any atom is 0.316 e. The Morgan fingerprint density at radius 1 is 1.38 bits per heavy atom. The minimum absolute atomic E-state index is 0.528. The molecule has 0 aliphatic carbocycles. The number of methoxy groups -OCH3 is 1. The first-order valence-electron chi connectivity index (χ1n) is 4.51. The first-order chi connectivity index (χ1) is 7.54. The molecule has 1 aromatic heterocycles. The van der Waals surface area contributed by atoms with E-state index < -0.39 is 11.1 Å². The van der Waals surface area contributed by atoms with E-state index in [9.17, 15) is 9.59 Å². The second-order valence-corrected chi connectivity index (χ2v) is 4.24. The molecule has 0 amide bonds. The summed E-state index contributed by atoms with van der Waals surface area (Å²) < 4.78 is 7.22. The zero-order valence-corrected chi connectivity index (χ0v) is 10.3. The van der Waals surface area contributed by atoms with Gasteiger partial charge in [0.15, 0.2) is 0 Å². The lowest BCUT2D eigenvalue weighted by Gasteiger charge is -2.09. The second kappa shape index (κ2) is 3.79. The van der Waals surface area contributed by atoms with Gasteiger partial charge in [0.2, 0.25) is 0 Å². The molecular formula is C10H9BrN2O3. The van der Waals surface area contributed by atoms with E-state index in [0.29, 0.717) is 16.8 Å². The number of nitrogens with zero attached hydrogens (tertiary/aromatic N) is 1.